The Morgan fingerprint density at radius 1 is 1.13 bits per heavy atom. The van der Waals surface area contributed by atoms with Gasteiger partial charge >= 0.3 is 0 Å². The quantitative estimate of drug-likeness (QED) is 0.596. The topological polar surface area (TPSA) is 26.0 Å². The van der Waals surface area contributed by atoms with Crippen molar-refractivity contribution in [3.05, 3.63) is 42.1 Å². The summed E-state index contributed by atoms with van der Waals surface area (Å²) in [5, 5.41) is 7.63. The number of aryl methyl sites for hydroxylation is 1. The Labute approximate surface area is 87.5 Å². The lowest BCUT2D eigenvalue weighted by molar-refractivity contribution is 0.447. The van der Waals surface area contributed by atoms with E-state index in [9.17, 15) is 0 Å². The molecule has 2 nitrogen and oxygen atoms in total. The predicted molar refractivity (Wildman–Crippen MR) is 60.9 cm³/mol. The van der Waals surface area contributed by atoms with Gasteiger partial charge in [0.15, 0.2) is 5.58 Å². The van der Waals surface area contributed by atoms with Gasteiger partial charge in [-0.1, -0.05) is 36.3 Å². The molecule has 2 aromatic carbocycles. The summed E-state index contributed by atoms with van der Waals surface area (Å²) >= 11 is 0. The van der Waals surface area contributed by atoms with Gasteiger partial charge in [-0.05, 0) is 29.3 Å². The van der Waals surface area contributed by atoms with Crippen LogP contribution in [0.2, 0.25) is 0 Å². The van der Waals surface area contributed by atoms with Crippen LogP contribution in [0.15, 0.2) is 40.9 Å². The van der Waals surface area contributed by atoms with E-state index in [2.05, 4.69) is 36.3 Å². The van der Waals surface area contributed by atoms with Crippen LogP contribution in [-0.4, -0.2) is 5.16 Å². The molecule has 0 amide bonds. The Morgan fingerprint density at radius 3 is 2.60 bits per heavy atom. The van der Waals surface area contributed by atoms with Gasteiger partial charge in [0.2, 0.25) is 0 Å². The first-order valence-corrected chi connectivity index (χ1v) is 5.15. The average Bonchev–Trinajstić information content (AvgIpc) is 2.68. The molecule has 0 bridgehead atoms. The maximum Gasteiger partial charge on any atom is 0.167 e. The molecule has 2 heteroatoms. The zero-order chi connectivity index (χ0) is 10.3. The number of benzene rings is 2. The Bertz CT molecular complexity index is 625. The number of rotatable bonds is 1. The van der Waals surface area contributed by atoms with Gasteiger partial charge in [0.05, 0.1) is 5.69 Å². The van der Waals surface area contributed by atoms with Gasteiger partial charge in [-0.15, -0.1) is 0 Å². The highest BCUT2D eigenvalue weighted by Crippen LogP contribution is 2.25. The molecule has 0 saturated carbocycles. The minimum Gasteiger partial charge on any atom is -0.356 e. The molecule has 0 unspecified atom stereocenters. The lowest BCUT2D eigenvalue weighted by atomic mass is 10.1. The molecule has 0 spiro atoms. The second-order valence-corrected chi connectivity index (χ2v) is 3.68. The number of aromatic nitrogens is 1. The normalized spacial score (nSPS) is 11.3. The van der Waals surface area contributed by atoms with Crippen LogP contribution in [0.25, 0.3) is 21.7 Å². The zero-order valence-electron chi connectivity index (χ0n) is 8.53. The van der Waals surface area contributed by atoms with Gasteiger partial charge in [0.1, 0.15) is 0 Å². The van der Waals surface area contributed by atoms with E-state index < -0.39 is 0 Å². The smallest absolute Gasteiger partial charge is 0.167 e. The lowest BCUT2D eigenvalue weighted by Gasteiger charge is -1.96. The SMILES string of the molecule is CCc1noc2cc3ccccc3cc12. The molecule has 3 rings (SSSR count). The monoisotopic (exact) mass is 197 g/mol. The average molecular weight is 197 g/mol. The first kappa shape index (κ1) is 8.48. The molecule has 0 aliphatic carbocycles. The van der Waals surface area contributed by atoms with Gasteiger partial charge in [-0.2, -0.15) is 0 Å². The van der Waals surface area contributed by atoms with Crippen molar-refractivity contribution in [1.82, 2.24) is 5.16 Å². The third kappa shape index (κ3) is 1.22. The fourth-order valence-electron chi connectivity index (χ4n) is 1.93. The molecule has 0 radical (unpaired) electrons. The van der Waals surface area contributed by atoms with Crippen molar-refractivity contribution >= 4 is 21.7 Å². The number of fused-ring (bicyclic) bond motifs is 2. The van der Waals surface area contributed by atoms with Crippen LogP contribution in [0.3, 0.4) is 0 Å². The van der Waals surface area contributed by atoms with Crippen LogP contribution >= 0.6 is 0 Å². The first-order valence-electron chi connectivity index (χ1n) is 5.15. The molecule has 0 saturated heterocycles. The Hall–Kier alpha value is -1.83. The molecule has 0 aliphatic rings. The van der Waals surface area contributed by atoms with Gasteiger partial charge in [0, 0.05) is 5.39 Å². The summed E-state index contributed by atoms with van der Waals surface area (Å²) in [6.45, 7) is 2.09. The minimum absolute atomic E-state index is 0.880. The van der Waals surface area contributed by atoms with Crippen LogP contribution in [0.4, 0.5) is 0 Å². The molecule has 3 aromatic rings. The zero-order valence-corrected chi connectivity index (χ0v) is 8.53. The Morgan fingerprint density at radius 2 is 1.87 bits per heavy atom. The van der Waals surface area contributed by atoms with Crippen molar-refractivity contribution in [2.75, 3.05) is 0 Å². The molecule has 0 fully saturated rings. The van der Waals surface area contributed by atoms with E-state index in [1.165, 1.54) is 10.8 Å². The van der Waals surface area contributed by atoms with Crippen LogP contribution in [0.5, 0.6) is 0 Å². The van der Waals surface area contributed by atoms with Gasteiger partial charge < -0.3 is 4.52 Å². The van der Waals surface area contributed by atoms with Crippen molar-refractivity contribution in [3.63, 3.8) is 0 Å². The van der Waals surface area contributed by atoms with E-state index in [1.54, 1.807) is 0 Å². The molecule has 0 atom stereocenters. The van der Waals surface area contributed by atoms with Crippen molar-refractivity contribution in [3.8, 4) is 0 Å². The van der Waals surface area contributed by atoms with E-state index in [4.69, 9.17) is 4.52 Å². The number of nitrogens with zero attached hydrogens (tertiary/aromatic N) is 1. The summed E-state index contributed by atoms with van der Waals surface area (Å²) in [6, 6.07) is 12.5. The van der Waals surface area contributed by atoms with E-state index in [1.807, 2.05) is 12.1 Å². The summed E-state index contributed by atoms with van der Waals surface area (Å²) in [6.07, 6.45) is 0.908. The van der Waals surface area contributed by atoms with Gasteiger partial charge in [0.25, 0.3) is 0 Å². The van der Waals surface area contributed by atoms with E-state index in [0.29, 0.717) is 0 Å². The maximum absolute atomic E-state index is 5.30. The third-order valence-electron chi connectivity index (χ3n) is 2.75. The van der Waals surface area contributed by atoms with Crippen molar-refractivity contribution in [2.45, 2.75) is 13.3 Å². The van der Waals surface area contributed by atoms with Crippen LogP contribution < -0.4 is 0 Å². The fourth-order valence-corrected chi connectivity index (χ4v) is 1.93. The Balaban J connectivity index is 2.45. The van der Waals surface area contributed by atoms with E-state index >= 15 is 0 Å². The fraction of sp³-hybridized carbons (Fsp3) is 0.154. The van der Waals surface area contributed by atoms with Crippen molar-refractivity contribution in [1.29, 1.82) is 0 Å². The van der Waals surface area contributed by atoms with Gasteiger partial charge in [-0.25, -0.2) is 0 Å². The summed E-state index contributed by atoms with van der Waals surface area (Å²) in [5.41, 5.74) is 1.92. The molecule has 74 valence electrons. The second kappa shape index (κ2) is 3.09. The molecular formula is C13H11NO. The van der Waals surface area contributed by atoms with E-state index in [-0.39, 0.29) is 0 Å². The largest absolute Gasteiger partial charge is 0.356 e. The highest BCUT2D eigenvalue weighted by Gasteiger charge is 2.06. The minimum atomic E-state index is 0.880. The van der Waals surface area contributed by atoms with Crippen molar-refractivity contribution < 1.29 is 4.52 Å². The number of hydrogen-bond acceptors (Lipinski definition) is 2. The predicted octanol–water partition coefficient (Wildman–Crippen LogP) is 3.54. The Kier molecular flexibility index (Phi) is 1.75. The molecule has 15 heavy (non-hydrogen) atoms. The first-order chi connectivity index (χ1) is 7.38. The third-order valence-corrected chi connectivity index (χ3v) is 2.75. The molecule has 1 aromatic heterocycles. The molecule has 0 aliphatic heterocycles. The number of hydrogen-bond donors (Lipinski definition) is 0. The molecular weight excluding hydrogens is 186 g/mol. The van der Waals surface area contributed by atoms with Crippen LogP contribution in [-0.2, 0) is 6.42 Å². The standard InChI is InChI=1S/C13H11NO/c1-2-12-11-7-9-5-3-4-6-10(9)8-13(11)15-14-12/h3-8H,2H2,1H3. The highest BCUT2D eigenvalue weighted by molar-refractivity contribution is 5.96. The van der Waals surface area contributed by atoms with E-state index in [0.717, 1.165) is 23.1 Å². The maximum atomic E-state index is 5.30. The second-order valence-electron chi connectivity index (χ2n) is 3.68. The molecule has 1 heterocycles. The van der Waals surface area contributed by atoms with Crippen LogP contribution in [0.1, 0.15) is 12.6 Å². The molecule has 0 N–H and O–H groups in total. The van der Waals surface area contributed by atoms with Gasteiger partial charge in [-0.3, -0.25) is 0 Å². The summed E-state index contributed by atoms with van der Waals surface area (Å²) < 4.78 is 5.30. The van der Waals surface area contributed by atoms with Crippen molar-refractivity contribution in [2.24, 2.45) is 0 Å². The highest BCUT2D eigenvalue weighted by atomic mass is 16.5. The summed E-state index contributed by atoms with van der Waals surface area (Å²) in [7, 11) is 0. The summed E-state index contributed by atoms with van der Waals surface area (Å²) in [4.78, 5) is 0. The lowest BCUT2D eigenvalue weighted by Crippen LogP contribution is -1.79. The summed E-state index contributed by atoms with van der Waals surface area (Å²) in [5.74, 6) is 0. The van der Waals surface area contributed by atoms with Crippen LogP contribution in [0, 0.1) is 0 Å².